The Morgan fingerprint density at radius 1 is 1.09 bits per heavy atom. The van der Waals surface area contributed by atoms with Crippen molar-refractivity contribution in [3.05, 3.63) is 59.7 Å². The SMILES string of the molecule is CC#CC(=O)NCc1ccccc1-c1ccc(CN(C)C)cc1. The largest absolute Gasteiger partial charge is 0.341 e. The summed E-state index contributed by atoms with van der Waals surface area (Å²) in [5.74, 6) is 4.86. The Labute approximate surface area is 138 Å². The summed E-state index contributed by atoms with van der Waals surface area (Å²) < 4.78 is 0. The second kappa shape index (κ2) is 8.17. The molecule has 0 aliphatic heterocycles. The highest BCUT2D eigenvalue weighted by Crippen LogP contribution is 2.24. The molecule has 0 unspecified atom stereocenters. The standard InChI is InChI=1S/C20H22N2O/c1-4-7-20(23)21-14-18-8-5-6-9-19(18)17-12-10-16(11-13-17)15-22(2)3/h5-6,8-13H,14-15H2,1-3H3,(H,21,23). The first kappa shape index (κ1) is 16.8. The molecular weight excluding hydrogens is 284 g/mol. The van der Waals surface area contributed by atoms with Crippen LogP contribution in [0.4, 0.5) is 0 Å². The second-order valence-corrected chi connectivity index (χ2v) is 5.65. The summed E-state index contributed by atoms with van der Waals surface area (Å²) in [6.45, 7) is 3.06. The molecular formula is C20H22N2O. The van der Waals surface area contributed by atoms with Crippen molar-refractivity contribution in [1.82, 2.24) is 10.2 Å². The van der Waals surface area contributed by atoms with E-state index >= 15 is 0 Å². The summed E-state index contributed by atoms with van der Waals surface area (Å²) in [4.78, 5) is 13.7. The molecule has 2 rings (SSSR count). The molecule has 3 nitrogen and oxygen atoms in total. The Hall–Kier alpha value is -2.57. The van der Waals surface area contributed by atoms with E-state index in [4.69, 9.17) is 0 Å². The molecule has 1 amide bonds. The lowest BCUT2D eigenvalue weighted by atomic mass is 9.98. The number of hydrogen-bond donors (Lipinski definition) is 1. The number of hydrogen-bond acceptors (Lipinski definition) is 2. The van der Waals surface area contributed by atoms with Crippen molar-refractivity contribution in [3.63, 3.8) is 0 Å². The summed E-state index contributed by atoms with van der Waals surface area (Å²) in [6, 6.07) is 16.7. The quantitative estimate of drug-likeness (QED) is 0.861. The van der Waals surface area contributed by atoms with Crippen LogP contribution in [0.1, 0.15) is 18.1 Å². The second-order valence-electron chi connectivity index (χ2n) is 5.65. The maximum Gasteiger partial charge on any atom is 0.296 e. The van der Waals surface area contributed by atoms with Crippen LogP contribution in [-0.2, 0) is 17.9 Å². The third kappa shape index (κ3) is 4.98. The average molecular weight is 306 g/mol. The van der Waals surface area contributed by atoms with Crippen molar-refractivity contribution < 1.29 is 4.79 Å². The van der Waals surface area contributed by atoms with Gasteiger partial charge >= 0.3 is 0 Å². The van der Waals surface area contributed by atoms with Crippen LogP contribution >= 0.6 is 0 Å². The Balaban J connectivity index is 2.18. The van der Waals surface area contributed by atoms with Crippen molar-refractivity contribution >= 4 is 5.91 Å². The number of carbonyl (C=O) groups excluding carboxylic acids is 1. The van der Waals surface area contributed by atoms with Crippen LogP contribution in [0.3, 0.4) is 0 Å². The van der Waals surface area contributed by atoms with Crippen molar-refractivity contribution in [2.75, 3.05) is 14.1 Å². The molecule has 2 aromatic carbocycles. The molecule has 0 aromatic heterocycles. The highest BCUT2D eigenvalue weighted by molar-refractivity contribution is 5.93. The smallest absolute Gasteiger partial charge is 0.296 e. The molecule has 0 spiro atoms. The van der Waals surface area contributed by atoms with Gasteiger partial charge < -0.3 is 10.2 Å². The van der Waals surface area contributed by atoms with Gasteiger partial charge in [0.2, 0.25) is 0 Å². The predicted molar refractivity (Wildman–Crippen MR) is 94.6 cm³/mol. The van der Waals surface area contributed by atoms with Crippen LogP contribution < -0.4 is 5.32 Å². The number of rotatable bonds is 5. The molecule has 2 aromatic rings. The van der Waals surface area contributed by atoms with Gasteiger partial charge in [-0.1, -0.05) is 54.5 Å². The first-order chi connectivity index (χ1) is 11.1. The topological polar surface area (TPSA) is 32.3 Å². The molecule has 23 heavy (non-hydrogen) atoms. The van der Waals surface area contributed by atoms with E-state index in [0.717, 1.165) is 23.2 Å². The molecule has 0 aliphatic rings. The van der Waals surface area contributed by atoms with Gasteiger partial charge in [0.1, 0.15) is 0 Å². The van der Waals surface area contributed by atoms with Gasteiger partial charge in [-0.3, -0.25) is 4.79 Å². The van der Waals surface area contributed by atoms with E-state index in [0.29, 0.717) is 6.54 Å². The van der Waals surface area contributed by atoms with Gasteiger partial charge in [0.05, 0.1) is 0 Å². The van der Waals surface area contributed by atoms with Crippen LogP contribution in [0, 0.1) is 11.8 Å². The summed E-state index contributed by atoms with van der Waals surface area (Å²) >= 11 is 0. The van der Waals surface area contributed by atoms with E-state index in [-0.39, 0.29) is 5.91 Å². The zero-order valence-corrected chi connectivity index (χ0v) is 13.9. The lowest BCUT2D eigenvalue weighted by Crippen LogP contribution is -2.21. The van der Waals surface area contributed by atoms with Crippen molar-refractivity contribution in [1.29, 1.82) is 0 Å². The van der Waals surface area contributed by atoms with Crippen molar-refractivity contribution in [2.45, 2.75) is 20.0 Å². The number of amides is 1. The van der Waals surface area contributed by atoms with Gasteiger partial charge in [-0.2, -0.15) is 0 Å². The maximum atomic E-state index is 11.5. The van der Waals surface area contributed by atoms with Crippen LogP contribution in [0.25, 0.3) is 11.1 Å². The Bertz CT molecular complexity index is 721. The Morgan fingerprint density at radius 2 is 1.78 bits per heavy atom. The fourth-order valence-electron chi connectivity index (χ4n) is 2.44. The zero-order valence-electron chi connectivity index (χ0n) is 13.9. The lowest BCUT2D eigenvalue weighted by Gasteiger charge is -2.12. The molecule has 3 heteroatoms. The molecule has 0 fully saturated rings. The summed E-state index contributed by atoms with van der Waals surface area (Å²) in [5.41, 5.74) is 4.65. The molecule has 0 heterocycles. The van der Waals surface area contributed by atoms with E-state index in [1.54, 1.807) is 6.92 Å². The van der Waals surface area contributed by atoms with Crippen LogP contribution in [0.5, 0.6) is 0 Å². The van der Waals surface area contributed by atoms with E-state index in [2.05, 4.69) is 66.5 Å². The summed E-state index contributed by atoms with van der Waals surface area (Å²) in [7, 11) is 4.12. The van der Waals surface area contributed by atoms with Gasteiger partial charge in [0.25, 0.3) is 5.91 Å². The average Bonchev–Trinajstić information content (AvgIpc) is 2.54. The predicted octanol–water partition coefficient (Wildman–Crippen LogP) is 3.05. The molecule has 0 bridgehead atoms. The molecule has 1 N–H and O–H groups in total. The zero-order chi connectivity index (χ0) is 16.7. The minimum absolute atomic E-state index is 0.247. The molecule has 0 saturated carbocycles. The minimum atomic E-state index is -0.247. The molecule has 0 atom stereocenters. The third-order valence-corrected chi connectivity index (χ3v) is 3.46. The van der Waals surface area contributed by atoms with Gasteiger partial charge in [-0.25, -0.2) is 0 Å². The highest BCUT2D eigenvalue weighted by atomic mass is 16.1. The molecule has 0 radical (unpaired) electrons. The first-order valence-corrected chi connectivity index (χ1v) is 7.62. The Morgan fingerprint density at radius 3 is 2.43 bits per heavy atom. The fourth-order valence-corrected chi connectivity index (χ4v) is 2.44. The van der Waals surface area contributed by atoms with Crippen LogP contribution in [0.15, 0.2) is 48.5 Å². The van der Waals surface area contributed by atoms with E-state index < -0.39 is 0 Å². The van der Waals surface area contributed by atoms with Crippen molar-refractivity contribution in [3.8, 4) is 23.0 Å². The van der Waals surface area contributed by atoms with E-state index in [1.807, 2.05) is 18.2 Å². The third-order valence-electron chi connectivity index (χ3n) is 3.46. The number of carbonyl (C=O) groups is 1. The van der Waals surface area contributed by atoms with E-state index in [9.17, 15) is 4.79 Å². The Kier molecular flexibility index (Phi) is 5.96. The van der Waals surface area contributed by atoms with Crippen LogP contribution in [0.2, 0.25) is 0 Å². The van der Waals surface area contributed by atoms with Crippen LogP contribution in [-0.4, -0.2) is 24.9 Å². The normalized spacial score (nSPS) is 10.1. The number of nitrogens with one attached hydrogen (secondary N) is 1. The van der Waals surface area contributed by atoms with E-state index in [1.165, 1.54) is 5.56 Å². The maximum absolute atomic E-state index is 11.5. The fraction of sp³-hybridized carbons (Fsp3) is 0.250. The number of benzene rings is 2. The summed E-state index contributed by atoms with van der Waals surface area (Å²) in [6.07, 6.45) is 0. The minimum Gasteiger partial charge on any atom is -0.341 e. The monoisotopic (exact) mass is 306 g/mol. The number of nitrogens with zero attached hydrogens (tertiary/aromatic N) is 1. The highest BCUT2D eigenvalue weighted by Gasteiger charge is 2.06. The molecule has 118 valence electrons. The van der Waals surface area contributed by atoms with Gasteiger partial charge in [-0.05, 0) is 49.2 Å². The van der Waals surface area contributed by atoms with Gasteiger partial charge in [0, 0.05) is 13.1 Å². The molecule has 0 aliphatic carbocycles. The lowest BCUT2D eigenvalue weighted by molar-refractivity contribution is -0.115. The first-order valence-electron chi connectivity index (χ1n) is 7.62. The van der Waals surface area contributed by atoms with Crippen molar-refractivity contribution in [2.24, 2.45) is 0 Å². The van der Waals surface area contributed by atoms with Gasteiger partial charge in [-0.15, -0.1) is 0 Å². The summed E-state index contributed by atoms with van der Waals surface area (Å²) in [5, 5.41) is 2.83. The molecule has 0 saturated heterocycles. The van der Waals surface area contributed by atoms with Gasteiger partial charge in [0.15, 0.2) is 0 Å².